The topological polar surface area (TPSA) is 125 Å². The van der Waals surface area contributed by atoms with Crippen molar-refractivity contribution in [2.75, 3.05) is 42.0 Å². The van der Waals surface area contributed by atoms with Crippen LogP contribution in [0.4, 0.5) is 5.95 Å². The van der Waals surface area contributed by atoms with E-state index in [1.807, 2.05) is 86.9 Å². The van der Waals surface area contributed by atoms with Crippen LogP contribution in [0.15, 0.2) is 88.9 Å². The highest BCUT2D eigenvalue weighted by molar-refractivity contribution is 5.71. The molecule has 1 aliphatic rings. The molecule has 2 atom stereocenters. The number of aromatic nitrogens is 4. The van der Waals surface area contributed by atoms with E-state index in [0.717, 1.165) is 40.4 Å². The normalized spacial score (nSPS) is 16.5. The van der Waals surface area contributed by atoms with Crippen LogP contribution < -0.4 is 19.8 Å². The van der Waals surface area contributed by atoms with Crippen LogP contribution in [-0.2, 0) is 15.1 Å². The van der Waals surface area contributed by atoms with Crippen LogP contribution in [-0.4, -0.2) is 78.9 Å². The van der Waals surface area contributed by atoms with Gasteiger partial charge in [-0.25, -0.2) is 9.98 Å². The van der Waals surface area contributed by atoms with E-state index in [9.17, 15) is 4.79 Å². The third-order valence-corrected chi connectivity index (χ3v) is 8.20. The maximum atomic E-state index is 12.7. The number of ether oxygens (including phenoxy) is 5. The second-order valence-corrected chi connectivity index (χ2v) is 11.4. The Morgan fingerprint density at radius 3 is 1.91 bits per heavy atom. The van der Waals surface area contributed by atoms with Crippen molar-refractivity contribution in [3.05, 3.63) is 106 Å². The van der Waals surface area contributed by atoms with Crippen LogP contribution in [0.1, 0.15) is 35.8 Å². The summed E-state index contributed by atoms with van der Waals surface area (Å²) >= 11 is 0. The molecule has 5 aromatic rings. The van der Waals surface area contributed by atoms with Crippen LogP contribution in [0.2, 0.25) is 0 Å². The number of nitrogens with zero attached hydrogens (tertiary/aromatic N) is 5. The number of fused-ring (bicyclic) bond motifs is 1. The largest absolute Gasteiger partial charge is 0.497 e. The van der Waals surface area contributed by atoms with Gasteiger partial charge < -0.3 is 28.6 Å². The fourth-order valence-corrected chi connectivity index (χ4v) is 5.82. The Hall–Kier alpha value is -5.20. The van der Waals surface area contributed by atoms with Gasteiger partial charge in [-0.3, -0.25) is 14.3 Å². The predicted octanol–water partition coefficient (Wildman–Crippen LogP) is 5.05. The molecule has 244 valence electrons. The number of nitrogens with one attached hydrogen (secondary N) is 1. The minimum atomic E-state index is -1.01. The number of methoxy groups -OCH3 is 3. The highest BCUT2D eigenvalue weighted by atomic mass is 16.6. The zero-order chi connectivity index (χ0) is 33.0. The molecule has 6 rings (SSSR count). The van der Waals surface area contributed by atoms with E-state index in [1.165, 1.54) is 0 Å². The lowest BCUT2D eigenvalue weighted by molar-refractivity contribution is -0.0756. The summed E-state index contributed by atoms with van der Waals surface area (Å²) in [6.45, 7) is 0.277. The van der Waals surface area contributed by atoms with Gasteiger partial charge in [-0.2, -0.15) is 4.98 Å². The van der Waals surface area contributed by atoms with Gasteiger partial charge in [0, 0.05) is 14.1 Å². The van der Waals surface area contributed by atoms with Crippen LogP contribution in [0, 0.1) is 0 Å². The van der Waals surface area contributed by atoms with Gasteiger partial charge in [0.05, 0.1) is 46.7 Å². The Morgan fingerprint density at radius 2 is 1.43 bits per heavy atom. The highest BCUT2D eigenvalue weighted by Gasteiger charge is 2.40. The molecule has 0 radical (unpaired) electrons. The van der Waals surface area contributed by atoms with Crippen molar-refractivity contribution in [3.8, 4) is 17.2 Å². The first-order valence-corrected chi connectivity index (χ1v) is 15.2. The van der Waals surface area contributed by atoms with E-state index in [-0.39, 0.29) is 36.0 Å². The molecule has 1 saturated heterocycles. The van der Waals surface area contributed by atoms with Gasteiger partial charge in [-0.15, -0.1) is 0 Å². The van der Waals surface area contributed by atoms with Gasteiger partial charge in [0.2, 0.25) is 5.95 Å². The first kappa shape index (κ1) is 31.8. The molecule has 0 aliphatic carbocycles. The van der Waals surface area contributed by atoms with Crippen LogP contribution in [0.3, 0.4) is 0 Å². The molecule has 12 heteroatoms. The molecule has 3 heterocycles. The average molecular weight is 639 g/mol. The SMILES string of the molecule is COc1ccc(C(OCC2CCC(n3cnc4c(=O)[nH]c(/N=C/N(C)C)nc43)O2)(c2ccc(OC)cc2)c2ccc(OC)cc2)cc1. The van der Waals surface area contributed by atoms with Crippen molar-refractivity contribution in [2.45, 2.75) is 30.8 Å². The van der Waals surface area contributed by atoms with Crippen molar-refractivity contribution in [1.82, 2.24) is 24.4 Å². The third-order valence-electron chi connectivity index (χ3n) is 8.20. The highest BCUT2D eigenvalue weighted by Crippen LogP contribution is 2.43. The fourth-order valence-electron chi connectivity index (χ4n) is 5.82. The Kier molecular flexibility index (Phi) is 9.23. The first-order chi connectivity index (χ1) is 22.8. The average Bonchev–Trinajstić information content (AvgIpc) is 3.76. The molecule has 0 amide bonds. The quantitative estimate of drug-likeness (QED) is 0.114. The number of aromatic amines is 1. The smallest absolute Gasteiger partial charge is 0.280 e. The first-order valence-electron chi connectivity index (χ1n) is 15.2. The van der Waals surface area contributed by atoms with E-state index in [2.05, 4.69) is 19.9 Å². The molecule has 2 unspecified atom stereocenters. The maximum Gasteiger partial charge on any atom is 0.280 e. The number of imidazole rings is 1. The Morgan fingerprint density at radius 1 is 0.894 bits per heavy atom. The maximum absolute atomic E-state index is 12.7. The summed E-state index contributed by atoms with van der Waals surface area (Å²) in [6.07, 6.45) is 3.95. The molecule has 0 saturated carbocycles. The van der Waals surface area contributed by atoms with Crippen LogP contribution in [0.25, 0.3) is 11.2 Å². The van der Waals surface area contributed by atoms with Crippen molar-refractivity contribution >= 4 is 23.5 Å². The number of hydrogen-bond donors (Lipinski definition) is 1. The lowest BCUT2D eigenvalue weighted by atomic mass is 9.80. The minimum absolute atomic E-state index is 0.194. The summed E-state index contributed by atoms with van der Waals surface area (Å²) in [7, 11) is 8.61. The molecule has 47 heavy (non-hydrogen) atoms. The van der Waals surface area contributed by atoms with Crippen molar-refractivity contribution in [3.63, 3.8) is 0 Å². The van der Waals surface area contributed by atoms with Gasteiger partial charge in [-0.05, 0) is 65.9 Å². The molecule has 2 aromatic heterocycles. The predicted molar refractivity (Wildman–Crippen MR) is 178 cm³/mol. The Labute approximate surface area is 272 Å². The lowest BCUT2D eigenvalue weighted by Gasteiger charge is -2.37. The summed E-state index contributed by atoms with van der Waals surface area (Å²) in [5.74, 6) is 2.41. The van der Waals surface area contributed by atoms with Crippen molar-refractivity contribution in [2.24, 2.45) is 4.99 Å². The van der Waals surface area contributed by atoms with Crippen molar-refractivity contribution in [1.29, 1.82) is 0 Å². The molecule has 1 aliphatic heterocycles. The number of rotatable bonds is 12. The van der Waals surface area contributed by atoms with Gasteiger partial charge in [0.1, 0.15) is 29.1 Å². The number of benzene rings is 3. The number of hydrogen-bond acceptors (Lipinski definition) is 9. The summed E-state index contributed by atoms with van der Waals surface area (Å²) in [5.41, 5.74) is 2.02. The van der Waals surface area contributed by atoms with E-state index in [0.29, 0.717) is 12.1 Å². The molecular formula is C35H38N6O6. The summed E-state index contributed by atoms with van der Waals surface area (Å²) in [6, 6.07) is 23.7. The second-order valence-electron chi connectivity index (χ2n) is 11.4. The molecule has 0 spiro atoms. The van der Waals surface area contributed by atoms with Gasteiger partial charge in [-0.1, -0.05) is 36.4 Å². The molecule has 12 nitrogen and oxygen atoms in total. The second kappa shape index (κ2) is 13.7. The van der Waals surface area contributed by atoms with Gasteiger partial charge in [0.25, 0.3) is 5.56 Å². The van der Waals surface area contributed by atoms with E-state index < -0.39 is 5.60 Å². The third kappa shape index (κ3) is 6.42. The molecule has 1 N–H and O–H groups in total. The Bertz CT molecular complexity index is 1770. The monoisotopic (exact) mass is 638 g/mol. The van der Waals surface area contributed by atoms with Gasteiger partial charge in [0.15, 0.2) is 11.2 Å². The van der Waals surface area contributed by atoms with E-state index in [4.69, 9.17) is 23.7 Å². The van der Waals surface area contributed by atoms with Crippen LogP contribution >= 0.6 is 0 Å². The molecule has 1 fully saturated rings. The summed E-state index contributed by atoms with van der Waals surface area (Å²) in [4.78, 5) is 30.3. The van der Waals surface area contributed by atoms with E-state index >= 15 is 0 Å². The number of aliphatic imine (C=N–C) groups is 1. The molecule has 0 bridgehead atoms. The molecular weight excluding hydrogens is 600 g/mol. The zero-order valence-electron chi connectivity index (χ0n) is 27.0. The summed E-state index contributed by atoms with van der Waals surface area (Å²) < 4.78 is 31.8. The van der Waals surface area contributed by atoms with Gasteiger partial charge >= 0.3 is 0 Å². The van der Waals surface area contributed by atoms with Crippen molar-refractivity contribution < 1.29 is 23.7 Å². The standard InChI is InChI=1S/C35H38N6O6/c1-40(2)21-37-34-38-32-31(33(42)39-34)36-22-41(32)30-19-18-29(47-30)20-46-35(23-6-12-26(43-3)13-7-23,24-8-14-27(44-4)15-9-24)25-10-16-28(45-5)17-11-25/h6-17,21-22,29-30H,18-20H2,1-5H3,(H,38,39,42)/b37-21+. The van der Waals surface area contributed by atoms with Crippen LogP contribution in [0.5, 0.6) is 17.2 Å². The Balaban J connectivity index is 1.34. The van der Waals surface area contributed by atoms with E-state index in [1.54, 1.807) is 43.5 Å². The lowest BCUT2D eigenvalue weighted by Crippen LogP contribution is -2.35. The fraction of sp³-hybridized carbons (Fsp3) is 0.314. The minimum Gasteiger partial charge on any atom is -0.497 e. The number of H-pyrrole nitrogens is 1. The molecule has 3 aromatic carbocycles. The summed E-state index contributed by atoms with van der Waals surface area (Å²) in [5, 5.41) is 0. The zero-order valence-corrected chi connectivity index (χ0v) is 27.0.